The van der Waals surface area contributed by atoms with Gasteiger partial charge in [0.2, 0.25) is 5.91 Å². The molecule has 0 unspecified atom stereocenters. The molecule has 4 heteroatoms. The average Bonchev–Trinajstić information content (AvgIpc) is 2.29. The van der Waals surface area contributed by atoms with Crippen LogP contribution in [0.3, 0.4) is 0 Å². The van der Waals surface area contributed by atoms with Gasteiger partial charge >= 0.3 is 0 Å². The van der Waals surface area contributed by atoms with Gasteiger partial charge in [0.1, 0.15) is 11.9 Å². The van der Waals surface area contributed by atoms with E-state index in [0.29, 0.717) is 13.1 Å². The molecule has 1 heterocycles. The molecule has 0 bridgehead atoms. The SMILES string of the molecule is CC(=O)N1C[C@H](C)O[C@@H](c2ccc(F)cc2)C1. The van der Waals surface area contributed by atoms with Gasteiger partial charge in [-0.15, -0.1) is 0 Å². The molecular formula is C13H16FNO2. The number of carbonyl (C=O) groups excluding carboxylic acids is 1. The van der Waals surface area contributed by atoms with E-state index in [1.165, 1.54) is 12.1 Å². The molecule has 1 fully saturated rings. The van der Waals surface area contributed by atoms with E-state index < -0.39 is 0 Å². The summed E-state index contributed by atoms with van der Waals surface area (Å²) in [6.07, 6.45) is -0.161. The Balaban J connectivity index is 2.15. The van der Waals surface area contributed by atoms with E-state index in [9.17, 15) is 9.18 Å². The van der Waals surface area contributed by atoms with E-state index in [1.54, 1.807) is 24.0 Å². The van der Waals surface area contributed by atoms with Gasteiger partial charge in [-0.25, -0.2) is 4.39 Å². The zero-order valence-electron chi connectivity index (χ0n) is 10.0. The first-order chi connectivity index (χ1) is 8.06. The van der Waals surface area contributed by atoms with Crippen LogP contribution in [0.1, 0.15) is 25.5 Å². The molecule has 1 aliphatic rings. The predicted octanol–water partition coefficient (Wildman–Crippen LogP) is 2.13. The van der Waals surface area contributed by atoms with Gasteiger partial charge in [-0.3, -0.25) is 4.79 Å². The summed E-state index contributed by atoms with van der Waals surface area (Å²) >= 11 is 0. The molecule has 0 aromatic heterocycles. The number of rotatable bonds is 1. The van der Waals surface area contributed by atoms with Crippen molar-refractivity contribution in [3.05, 3.63) is 35.6 Å². The van der Waals surface area contributed by atoms with Crippen LogP contribution < -0.4 is 0 Å². The molecule has 0 aliphatic carbocycles. The van der Waals surface area contributed by atoms with Crippen LogP contribution in [0.2, 0.25) is 0 Å². The second kappa shape index (κ2) is 4.84. The lowest BCUT2D eigenvalue weighted by Crippen LogP contribution is -2.45. The summed E-state index contributed by atoms with van der Waals surface area (Å²) in [6, 6.07) is 6.23. The van der Waals surface area contributed by atoms with Crippen molar-refractivity contribution in [2.75, 3.05) is 13.1 Å². The first kappa shape index (κ1) is 12.0. The highest BCUT2D eigenvalue weighted by molar-refractivity contribution is 5.73. The van der Waals surface area contributed by atoms with E-state index in [4.69, 9.17) is 4.74 Å². The lowest BCUT2D eigenvalue weighted by Gasteiger charge is -2.36. The fourth-order valence-corrected chi connectivity index (χ4v) is 2.07. The van der Waals surface area contributed by atoms with Gasteiger partial charge in [0.25, 0.3) is 0 Å². The highest BCUT2D eigenvalue weighted by Gasteiger charge is 2.27. The molecule has 2 rings (SSSR count). The summed E-state index contributed by atoms with van der Waals surface area (Å²) < 4.78 is 18.6. The quantitative estimate of drug-likeness (QED) is 0.749. The predicted molar refractivity (Wildman–Crippen MR) is 61.9 cm³/mol. The van der Waals surface area contributed by atoms with E-state index in [2.05, 4.69) is 0 Å². The van der Waals surface area contributed by atoms with Crippen molar-refractivity contribution in [1.29, 1.82) is 0 Å². The minimum atomic E-state index is -0.263. The van der Waals surface area contributed by atoms with Crippen LogP contribution in [-0.2, 0) is 9.53 Å². The highest BCUT2D eigenvalue weighted by Crippen LogP contribution is 2.25. The fraction of sp³-hybridized carbons (Fsp3) is 0.462. The largest absolute Gasteiger partial charge is 0.367 e. The molecule has 92 valence electrons. The molecule has 1 saturated heterocycles. The van der Waals surface area contributed by atoms with Crippen LogP contribution in [0, 0.1) is 5.82 Å². The molecular weight excluding hydrogens is 221 g/mol. The number of nitrogens with zero attached hydrogens (tertiary/aromatic N) is 1. The Labute approximate surface area is 100 Å². The van der Waals surface area contributed by atoms with Crippen molar-refractivity contribution < 1.29 is 13.9 Å². The van der Waals surface area contributed by atoms with Crippen LogP contribution in [0.5, 0.6) is 0 Å². The summed E-state index contributed by atoms with van der Waals surface area (Å²) in [5, 5.41) is 0. The molecule has 0 radical (unpaired) electrons. The van der Waals surface area contributed by atoms with E-state index in [0.717, 1.165) is 5.56 Å². The van der Waals surface area contributed by atoms with Crippen molar-refractivity contribution in [2.24, 2.45) is 0 Å². The number of halogens is 1. The molecule has 1 aromatic carbocycles. The maximum atomic E-state index is 12.8. The normalized spacial score (nSPS) is 24.8. The molecule has 17 heavy (non-hydrogen) atoms. The van der Waals surface area contributed by atoms with Crippen LogP contribution in [0.15, 0.2) is 24.3 Å². The Kier molecular flexibility index (Phi) is 3.43. The lowest BCUT2D eigenvalue weighted by molar-refractivity contribution is -0.142. The summed E-state index contributed by atoms with van der Waals surface area (Å²) in [7, 11) is 0. The number of hydrogen-bond donors (Lipinski definition) is 0. The van der Waals surface area contributed by atoms with Crippen molar-refractivity contribution in [3.8, 4) is 0 Å². The standard InChI is InChI=1S/C13H16FNO2/c1-9-7-15(10(2)16)8-13(17-9)11-3-5-12(14)6-4-11/h3-6,9,13H,7-8H2,1-2H3/t9-,13+/m0/s1. The Hall–Kier alpha value is -1.42. The summed E-state index contributed by atoms with van der Waals surface area (Å²) in [6.45, 7) is 4.64. The van der Waals surface area contributed by atoms with Gasteiger partial charge < -0.3 is 9.64 Å². The van der Waals surface area contributed by atoms with Gasteiger partial charge in [0, 0.05) is 13.5 Å². The number of ether oxygens (including phenoxy) is 1. The third-order valence-corrected chi connectivity index (χ3v) is 2.95. The van der Waals surface area contributed by atoms with Crippen LogP contribution in [0.25, 0.3) is 0 Å². The van der Waals surface area contributed by atoms with Crippen LogP contribution in [0.4, 0.5) is 4.39 Å². The zero-order valence-corrected chi connectivity index (χ0v) is 10.0. The highest BCUT2D eigenvalue weighted by atomic mass is 19.1. The summed E-state index contributed by atoms with van der Waals surface area (Å²) in [4.78, 5) is 13.2. The molecule has 0 spiro atoms. The number of morpholine rings is 1. The Morgan fingerprint density at radius 2 is 2.00 bits per heavy atom. The molecule has 3 nitrogen and oxygen atoms in total. The van der Waals surface area contributed by atoms with E-state index in [-0.39, 0.29) is 23.9 Å². The second-order valence-electron chi connectivity index (χ2n) is 4.41. The minimum Gasteiger partial charge on any atom is -0.367 e. The molecule has 0 saturated carbocycles. The van der Waals surface area contributed by atoms with Crippen LogP contribution >= 0.6 is 0 Å². The second-order valence-corrected chi connectivity index (χ2v) is 4.41. The number of carbonyl (C=O) groups is 1. The maximum absolute atomic E-state index is 12.8. The van der Waals surface area contributed by atoms with Crippen molar-refractivity contribution in [3.63, 3.8) is 0 Å². The zero-order chi connectivity index (χ0) is 12.4. The molecule has 1 aromatic rings. The fourth-order valence-electron chi connectivity index (χ4n) is 2.07. The van der Waals surface area contributed by atoms with Crippen LogP contribution in [-0.4, -0.2) is 30.0 Å². The van der Waals surface area contributed by atoms with Gasteiger partial charge in [-0.05, 0) is 24.6 Å². The summed E-state index contributed by atoms with van der Waals surface area (Å²) in [5.41, 5.74) is 0.907. The topological polar surface area (TPSA) is 29.5 Å². The van der Waals surface area contributed by atoms with E-state index in [1.807, 2.05) is 6.92 Å². The monoisotopic (exact) mass is 237 g/mol. The average molecular weight is 237 g/mol. The van der Waals surface area contributed by atoms with E-state index >= 15 is 0 Å². The molecule has 1 amide bonds. The molecule has 1 aliphatic heterocycles. The van der Waals surface area contributed by atoms with Crippen molar-refractivity contribution in [1.82, 2.24) is 4.90 Å². The number of benzene rings is 1. The third kappa shape index (κ3) is 2.82. The van der Waals surface area contributed by atoms with Gasteiger partial charge in [0.15, 0.2) is 0 Å². The molecule has 2 atom stereocenters. The smallest absolute Gasteiger partial charge is 0.219 e. The number of amides is 1. The van der Waals surface area contributed by atoms with Crippen molar-refractivity contribution in [2.45, 2.75) is 26.1 Å². The first-order valence-electron chi connectivity index (χ1n) is 5.72. The minimum absolute atomic E-state index is 0.00250. The Bertz CT molecular complexity index is 404. The van der Waals surface area contributed by atoms with Crippen molar-refractivity contribution >= 4 is 5.91 Å². The van der Waals surface area contributed by atoms with Gasteiger partial charge in [-0.1, -0.05) is 12.1 Å². The molecule has 0 N–H and O–H groups in total. The number of hydrogen-bond acceptors (Lipinski definition) is 2. The summed E-state index contributed by atoms with van der Waals surface area (Å²) in [5.74, 6) is -0.215. The van der Waals surface area contributed by atoms with Gasteiger partial charge in [0.05, 0.1) is 12.6 Å². The Morgan fingerprint density at radius 1 is 1.35 bits per heavy atom. The van der Waals surface area contributed by atoms with Gasteiger partial charge in [-0.2, -0.15) is 0 Å². The lowest BCUT2D eigenvalue weighted by atomic mass is 10.1. The first-order valence-corrected chi connectivity index (χ1v) is 5.72. The maximum Gasteiger partial charge on any atom is 0.219 e. The third-order valence-electron chi connectivity index (χ3n) is 2.95. The Morgan fingerprint density at radius 3 is 2.59 bits per heavy atom.